The maximum atomic E-state index is 12.5. The molecule has 120 valence electrons. The fourth-order valence-electron chi connectivity index (χ4n) is 2.38. The van der Waals surface area contributed by atoms with Gasteiger partial charge in [-0.3, -0.25) is 9.35 Å². The van der Waals surface area contributed by atoms with Crippen LogP contribution < -0.4 is 10.2 Å². The zero-order chi connectivity index (χ0) is 16.9. The summed E-state index contributed by atoms with van der Waals surface area (Å²) in [6.07, 6.45) is 0. The van der Waals surface area contributed by atoms with Crippen molar-refractivity contribution in [2.75, 3.05) is 7.11 Å². The van der Waals surface area contributed by atoms with Gasteiger partial charge in [0.15, 0.2) is 21.8 Å². The number of ether oxygens (including phenoxy) is 1. The topological polar surface area (TPSA) is 134 Å². The Labute approximate surface area is 128 Å². The summed E-state index contributed by atoms with van der Waals surface area (Å²) in [5.41, 5.74) is -1.48. The molecule has 0 aliphatic heterocycles. The second kappa shape index (κ2) is 4.86. The Morgan fingerprint density at radius 2 is 1.83 bits per heavy atom. The van der Waals surface area contributed by atoms with E-state index in [2.05, 4.69) is 0 Å². The molecule has 0 aliphatic carbocycles. The van der Waals surface area contributed by atoms with Crippen LogP contribution in [0.5, 0.6) is 17.2 Å². The number of hydrogen-bond donors (Lipinski definition) is 3. The predicted molar refractivity (Wildman–Crippen MR) is 79.7 cm³/mol. The Hall–Kier alpha value is -2.78. The van der Waals surface area contributed by atoms with E-state index in [1.54, 1.807) is 0 Å². The van der Waals surface area contributed by atoms with Crippen molar-refractivity contribution in [3.8, 4) is 17.2 Å². The van der Waals surface area contributed by atoms with E-state index >= 15 is 0 Å². The average Bonchev–Trinajstić information content (AvgIpc) is 2.44. The lowest BCUT2D eigenvalue weighted by Gasteiger charge is -2.10. The van der Waals surface area contributed by atoms with Gasteiger partial charge in [-0.15, -0.1) is 0 Å². The highest BCUT2D eigenvalue weighted by Crippen LogP contribution is 2.38. The molecule has 1 heterocycles. The van der Waals surface area contributed by atoms with Gasteiger partial charge in [-0.25, -0.2) is 0 Å². The number of aromatic hydroxyl groups is 2. The van der Waals surface area contributed by atoms with Gasteiger partial charge in [-0.2, -0.15) is 8.42 Å². The summed E-state index contributed by atoms with van der Waals surface area (Å²) in [5, 5.41) is 19.2. The Morgan fingerprint density at radius 1 is 1.13 bits per heavy atom. The fourth-order valence-corrected chi connectivity index (χ4v) is 3.08. The number of phenols is 2. The van der Waals surface area contributed by atoms with Crippen LogP contribution in [0.3, 0.4) is 0 Å². The van der Waals surface area contributed by atoms with Crippen molar-refractivity contribution in [1.29, 1.82) is 0 Å². The van der Waals surface area contributed by atoms with Crippen molar-refractivity contribution in [2.24, 2.45) is 0 Å². The minimum absolute atomic E-state index is 0.0409. The van der Waals surface area contributed by atoms with Crippen molar-refractivity contribution in [3.05, 3.63) is 34.5 Å². The lowest BCUT2D eigenvalue weighted by molar-refractivity contribution is 0.409. The predicted octanol–water partition coefficient (Wildman–Crippen LogP) is 1.61. The molecule has 0 fully saturated rings. The van der Waals surface area contributed by atoms with E-state index < -0.39 is 42.9 Å². The first kappa shape index (κ1) is 15.1. The second-order valence-corrected chi connectivity index (χ2v) is 6.05. The maximum absolute atomic E-state index is 12.5. The Kier molecular flexibility index (Phi) is 3.20. The third-order valence-corrected chi connectivity index (χ3v) is 4.24. The van der Waals surface area contributed by atoms with Crippen molar-refractivity contribution in [2.45, 2.75) is 4.90 Å². The lowest BCUT2D eigenvalue weighted by Crippen LogP contribution is -2.07. The van der Waals surface area contributed by atoms with Crippen molar-refractivity contribution < 1.29 is 32.3 Å². The third-order valence-electron chi connectivity index (χ3n) is 3.33. The number of methoxy groups -OCH3 is 1. The van der Waals surface area contributed by atoms with E-state index in [9.17, 15) is 28.0 Å². The van der Waals surface area contributed by atoms with Gasteiger partial charge in [0.2, 0.25) is 5.43 Å². The molecule has 0 aliphatic rings. The van der Waals surface area contributed by atoms with Crippen LogP contribution in [0.2, 0.25) is 0 Å². The quantitative estimate of drug-likeness (QED) is 0.474. The number of para-hydroxylation sites is 1. The molecular formula is C14H10O8S. The first-order valence-corrected chi connectivity index (χ1v) is 7.65. The molecular weight excluding hydrogens is 328 g/mol. The normalized spacial score (nSPS) is 11.9. The van der Waals surface area contributed by atoms with Crippen LogP contribution in [0.4, 0.5) is 0 Å². The maximum Gasteiger partial charge on any atom is 0.302 e. The molecule has 0 atom stereocenters. The summed E-state index contributed by atoms with van der Waals surface area (Å²) in [6.45, 7) is 0. The van der Waals surface area contributed by atoms with Crippen LogP contribution in [0.15, 0.2) is 38.4 Å². The number of rotatable bonds is 2. The summed E-state index contributed by atoms with van der Waals surface area (Å²) in [6, 6.07) is 5.05. The Morgan fingerprint density at radius 3 is 2.43 bits per heavy atom. The minimum Gasteiger partial charge on any atom is -0.507 e. The standard InChI is InChI=1S/C14H10O8S/c1-21-9-4-2-3-6-11(17)10-7(15)5-8(16)14(23(18,19)20)13(10)22-12(6)9/h2-5,15-16H,1H3,(H,18,19,20). The molecule has 0 saturated carbocycles. The molecule has 3 N–H and O–H groups in total. The number of phenolic OH excluding ortho intramolecular Hbond substituents is 2. The first-order chi connectivity index (χ1) is 10.8. The van der Waals surface area contributed by atoms with Gasteiger partial charge < -0.3 is 19.4 Å². The van der Waals surface area contributed by atoms with Gasteiger partial charge in [-0.1, -0.05) is 6.07 Å². The van der Waals surface area contributed by atoms with Gasteiger partial charge in [0.1, 0.15) is 16.9 Å². The second-order valence-electron chi connectivity index (χ2n) is 4.69. The molecule has 2 aromatic carbocycles. The zero-order valence-corrected chi connectivity index (χ0v) is 12.4. The van der Waals surface area contributed by atoms with Gasteiger partial charge in [0.05, 0.1) is 12.5 Å². The van der Waals surface area contributed by atoms with Gasteiger partial charge >= 0.3 is 10.1 Å². The molecule has 23 heavy (non-hydrogen) atoms. The van der Waals surface area contributed by atoms with Crippen molar-refractivity contribution in [3.63, 3.8) is 0 Å². The molecule has 3 aromatic rings. The molecule has 0 bridgehead atoms. The summed E-state index contributed by atoms with van der Waals surface area (Å²) >= 11 is 0. The van der Waals surface area contributed by atoms with E-state index in [0.29, 0.717) is 6.07 Å². The number of benzene rings is 2. The number of hydrogen-bond acceptors (Lipinski definition) is 7. The Bertz CT molecular complexity index is 1110. The smallest absolute Gasteiger partial charge is 0.302 e. The minimum atomic E-state index is -4.92. The molecule has 0 spiro atoms. The first-order valence-electron chi connectivity index (χ1n) is 6.21. The Balaban J connectivity index is 2.71. The molecule has 8 nitrogen and oxygen atoms in total. The average molecular weight is 338 g/mol. The molecule has 3 rings (SSSR count). The summed E-state index contributed by atoms with van der Waals surface area (Å²) in [7, 11) is -3.59. The van der Waals surface area contributed by atoms with Crippen LogP contribution in [-0.4, -0.2) is 30.3 Å². The van der Waals surface area contributed by atoms with E-state index in [1.807, 2.05) is 0 Å². The fraction of sp³-hybridized carbons (Fsp3) is 0.0714. The molecule has 0 unspecified atom stereocenters. The highest BCUT2D eigenvalue weighted by atomic mass is 32.2. The molecule has 0 radical (unpaired) electrons. The summed E-state index contributed by atoms with van der Waals surface area (Å²) in [4.78, 5) is 11.5. The van der Waals surface area contributed by atoms with Crippen LogP contribution >= 0.6 is 0 Å². The monoisotopic (exact) mass is 338 g/mol. The van der Waals surface area contributed by atoms with Crippen LogP contribution in [0.25, 0.3) is 21.9 Å². The van der Waals surface area contributed by atoms with E-state index in [4.69, 9.17) is 9.15 Å². The van der Waals surface area contributed by atoms with E-state index in [-0.39, 0.29) is 16.7 Å². The van der Waals surface area contributed by atoms with Crippen LogP contribution in [-0.2, 0) is 10.1 Å². The van der Waals surface area contributed by atoms with Crippen LogP contribution in [0, 0.1) is 0 Å². The highest BCUT2D eigenvalue weighted by molar-refractivity contribution is 7.86. The van der Waals surface area contributed by atoms with Crippen molar-refractivity contribution >= 4 is 32.1 Å². The summed E-state index contributed by atoms with van der Waals surface area (Å²) < 4.78 is 42.7. The molecule has 0 amide bonds. The SMILES string of the molecule is COc1cccc2c(=O)c3c(O)cc(O)c(S(=O)(=O)O)c3oc12. The van der Waals surface area contributed by atoms with E-state index in [1.165, 1.54) is 25.3 Å². The van der Waals surface area contributed by atoms with E-state index in [0.717, 1.165) is 0 Å². The van der Waals surface area contributed by atoms with Gasteiger partial charge in [-0.05, 0) is 12.1 Å². The van der Waals surface area contributed by atoms with Gasteiger partial charge in [0.25, 0.3) is 0 Å². The highest BCUT2D eigenvalue weighted by Gasteiger charge is 2.27. The third kappa shape index (κ3) is 2.17. The molecule has 0 saturated heterocycles. The zero-order valence-electron chi connectivity index (χ0n) is 11.6. The van der Waals surface area contributed by atoms with Crippen molar-refractivity contribution in [1.82, 2.24) is 0 Å². The van der Waals surface area contributed by atoms with Gasteiger partial charge in [0, 0.05) is 6.07 Å². The lowest BCUT2D eigenvalue weighted by atomic mass is 10.1. The molecule has 9 heteroatoms. The summed E-state index contributed by atoms with van der Waals surface area (Å²) in [5.74, 6) is -1.48. The number of fused-ring (bicyclic) bond motifs is 2. The van der Waals surface area contributed by atoms with Crippen LogP contribution in [0.1, 0.15) is 0 Å². The molecule has 1 aromatic heterocycles. The largest absolute Gasteiger partial charge is 0.507 e.